The summed E-state index contributed by atoms with van der Waals surface area (Å²) in [4.78, 5) is 35.3. The van der Waals surface area contributed by atoms with E-state index in [1.807, 2.05) is 0 Å². The quantitative estimate of drug-likeness (QED) is 0.0264. The average Bonchev–Trinajstić information content (AvgIpc) is 3.46. The maximum Gasteiger partial charge on any atom is 0.472 e. The van der Waals surface area contributed by atoms with Crippen molar-refractivity contribution in [1.29, 1.82) is 0 Å². The topological polar surface area (TPSA) is 134 Å². The summed E-state index contributed by atoms with van der Waals surface area (Å²) in [6.07, 6.45) is 87.3. The molecular formula is C71H130NO8P. The molecular weight excluding hydrogens is 1030 g/mol. The standard InChI is InChI=1S/C71H130NO8P/c1-3-5-7-9-11-13-15-17-19-21-23-25-26-27-28-29-30-31-32-33-34-35-36-37-38-39-40-41-42-44-45-47-49-51-53-55-57-59-61-63-70(73)77-67-69(68-79-81(75,76)78-66-65-72)80-71(74)64-62-60-58-56-54-52-50-48-46-43-24-22-20-18-16-14-12-10-8-6-4-2/h6,8,12,14,18,20-21,23-24,43,48,50,69H,3-5,7,9-11,13,15-17,19,22,25-42,44-47,49,51-68,72H2,1-2H3,(H,75,76)/b8-6-,14-12-,20-18-,23-21-,43-24-,50-48-. The van der Waals surface area contributed by atoms with Crippen LogP contribution in [0, 0.1) is 0 Å². The number of nitrogens with two attached hydrogens (primary N) is 1. The van der Waals surface area contributed by atoms with Crippen LogP contribution in [0.5, 0.6) is 0 Å². The monoisotopic (exact) mass is 1160 g/mol. The zero-order valence-corrected chi connectivity index (χ0v) is 53.9. The van der Waals surface area contributed by atoms with Crippen LogP contribution in [0.3, 0.4) is 0 Å². The van der Waals surface area contributed by atoms with Gasteiger partial charge in [0.15, 0.2) is 6.10 Å². The second-order valence-electron chi connectivity index (χ2n) is 23.0. The van der Waals surface area contributed by atoms with Crippen molar-refractivity contribution in [1.82, 2.24) is 0 Å². The molecule has 10 heteroatoms. The molecule has 81 heavy (non-hydrogen) atoms. The van der Waals surface area contributed by atoms with Gasteiger partial charge in [0.25, 0.3) is 0 Å². The van der Waals surface area contributed by atoms with Gasteiger partial charge in [-0.05, 0) is 83.5 Å². The van der Waals surface area contributed by atoms with E-state index in [0.29, 0.717) is 6.42 Å². The fraction of sp³-hybridized carbons (Fsp3) is 0.803. The molecule has 0 heterocycles. The Hall–Kier alpha value is -2.55. The van der Waals surface area contributed by atoms with Crippen LogP contribution in [0.1, 0.15) is 335 Å². The molecule has 0 radical (unpaired) electrons. The maximum atomic E-state index is 12.7. The van der Waals surface area contributed by atoms with Crippen LogP contribution in [0.4, 0.5) is 0 Å². The third kappa shape index (κ3) is 66.5. The van der Waals surface area contributed by atoms with Gasteiger partial charge in [-0.15, -0.1) is 0 Å². The van der Waals surface area contributed by atoms with Crippen molar-refractivity contribution in [3.05, 3.63) is 72.9 Å². The highest BCUT2D eigenvalue weighted by Gasteiger charge is 2.26. The van der Waals surface area contributed by atoms with Crippen LogP contribution in [-0.2, 0) is 32.7 Å². The van der Waals surface area contributed by atoms with Crippen molar-refractivity contribution in [2.75, 3.05) is 26.4 Å². The number of carbonyl (C=O) groups excluding carboxylic acids is 2. The van der Waals surface area contributed by atoms with Gasteiger partial charge < -0.3 is 20.1 Å². The minimum Gasteiger partial charge on any atom is -0.462 e. The Morgan fingerprint density at radius 2 is 0.679 bits per heavy atom. The van der Waals surface area contributed by atoms with E-state index in [9.17, 15) is 19.0 Å². The molecule has 0 aliphatic heterocycles. The summed E-state index contributed by atoms with van der Waals surface area (Å²) < 4.78 is 33.1. The van der Waals surface area contributed by atoms with Gasteiger partial charge >= 0.3 is 19.8 Å². The first kappa shape index (κ1) is 78.5. The fourth-order valence-corrected chi connectivity index (χ4v) is 10.8. The molecule has 9 nitrogen and oxygen atoms in total. The van der Waals surface area contributed by atoms with E-state index >= 15 is 0 Å². The summed E-state index contributed by atoms with van der Waals surface area (Å²) in [5, 5.41) is 0. The molecule has 0 aliphatic carbocycles. The Labute approximate surface area is 501 Å². The summed E-state index contributed by atoms with van der Waals surface area (Å²) in [5.74, 6) is -0.840. The minimum atomic E-state index is -4.40. The summed E-state index contributed by atoms with van der Waals surface area (Å²) in [6.45, 7) is 3.64. The Balaban J connectivity index is 3.79. The molecule has 0 aromatic heterocycles. The normalized spacial score (nSPS) is 13.4. The van der Waals surface area contributed by atoms with Gasteiger partial charge in [-0.1, -0.05) is 311 Å². The second kappa shape index (κ2) is 66.6. The molecule has 2 atom stereocenters. The van der Waals surface area contributed by atoms with Gasteiger partial charge in [-0.25, -0.2) is 4.57 Å². The minimum absolute atomic E-state index is 0.0481. The lowest BCUT2D eigenvalue weighted by Gasteiger charge is -2.19. The number of esters is 2. The van der Waals surface area contributed by atoms with E-state index in [2.05, 4.69) is 86.8 Å². The molecule has 2 unspecified atom stereocenters. The number of ether oxygens (including phenoxy) is 2. The van der Waals surface area contributed by atoms with Gasteiger partial charge in [-0.2, -0.15) is 0 Å². The number of hydrogen-bond donors (Lipinski definition) is 2. The van der Waals surface area contributed by atoms with Gasteiger partial charge in [0.05, 0.1) is 13.2 Å². The maximum absolute atomic E-state index is 12.7. The molecule has 0 saturated carbocycles. The van der Waals surface area contributed by atoms with Crippen molar-refractivity contribution >= 4 is 19.8 Å². The van der Waals surface area contributed by atoms with Crippen molar-refractivity contribution < 1.29 is 37.6 Å². The van der Waals surface area contributed by atoms with Gasteiger partial charge in [0.2, 0.25) is 0 Å². The molecule has 472 valence electrons. The molecule has 0 saturated heterocycles. The summed E-state index contributed by atoms with van der Waals surface area (Å²) in [5.41, 5.74) is 5.39. The molecule has 0 rings (SSSR count). The van der Waals surface area contributed by atoms with Crippen LogP contribution in [0.25, 0.3) is 0 Å². The Kier molecular flexibility index (Phi) is 64.5. The largest absolute Gasteiger partial charge is 0.472 e. The molecule has 0 aromatic rings. The predicted molar refractivity (Wildman–Crippen MR) is 349 cm³/mol. The third-order valence-corrected chi connectivity index (χ3v) is 16.1. The molecule has 0 fully saturated rings. The SMILES string of the molecule is CC/C=C\C/C=C\C/C=C\C/C=C\C/C=C\CCCCCCCC(=O)OC(COC(=O)CCCCCCCCCCCCCCCCCCCCCCCCCCCCC/C=C\CCCCCCCCCC)COP(=O)(O)OCCN. The molecule has 0 spiro atoms. The first-order valence-corrected chi connectivity index (χ1v) is 35.9. The lowest BCUT2D eigenvalue weighted by molar-refractivity contribution is -0.161. The number of rotatable bonds is 65. The number of phosphoric ester groups is 1. The number of unbranched alkanes of at least 4 members (excludes halogenated alkanes) is 40. The summed E-state index contributed by atoms with van der Waals surface area (Å²) in [7, 11) is -4.40. The molecule has 3 N–H and O–H groups in total. The first-order valence-electron chi connectivity index (χ1n) is 34.4. The number of allylic oxidation sites excluding steroid dienone is 12. The Bertz CT molecular complexity index is 1560. The van der Waals surface area contributed by atoms with Gasteiger partial charge in [0, 0.05) is 19.4 Å². The smallest absolute Gasteiger partial charge is 0.462 e. The number of hydrogen-bond acceptors (Lipinski definition) is 8. The molecule has 0 aromatic carbocycles. The fourth-order valence-electron chi connectivity index (χ4n) is 10.0. The highest BCUT2D eigenvalue weighted by atomic mass is 31.2. The van der Waals surface area contributed by atoms with Crippen molar-refractivity contribution in [2.45, 2.75) is 341 Å². The van der Waals surface area contributed by atoms with Crippen molar-refractivity contribution in [3.63, 3.8) is 0 Å². The van der Waals surface area contributed by atoms with Crippen LogP contribution in [-0.4, -0.2) is 49.3 Å². The lowest BCUT2D eigenvalue weighted by Crippen LogP contribution is -2.29. The van der Waals surface area contributed by atoms with Crippen LogP contribution < -0.4 is 5.73 Å². The van der Waals surface area contributed by atoms with E-state index in [-0.39, 0.29) is 38.6 Å². The Morgan fingerprint density at radius 3 is 1.02 bits per heavy atom. The second-order valence-corrected chi connectivity index (χ2v) is 24.5. The highest BCUT2D eigenvalue weighted by molar-refractivity contribution is 7.47. The summed E-state index contributed by atoms with van der Waals surface area (Å²) >= 11 is 0. The third-order valence-electron chi connectivity index (χ3n) is 15.1. The van der Waals surface area contributed by atoms with Crippen molar-refractivity contribution in [2.24, 2.45) is 5.73 Å². The average molecular weight is 1160 g/mol. The molecule has 0 bridgehead atoms. The number of phosphoric acid groups is 1. The highest BCUT2D eigenvalue weighted by Crippen LogP contribution is 2.43. The van der Waals surface area contributed by atoms with Crippen molar-refractivity contribution in [3.8, 4) is 0 Å². The molecule has 0 aliphatic rings. The van der Waals surface area contributed by atoms with E-state index in [1.165, 1.54) is 218 Å². The van der Waals surface area contributed by atoms with Crippen LogP contribution in [0.15, 0.2) is 72.9 Å². The van der Waals surface area contributed by atoms with E-state index in [4.69, 9.17) is 24.3 Å². The van der Waals surface area contributed by atoms with Crippen LogP contribution in [0.2, 0.25) is 0 Å². The van der Waals surface area contributed by atoms with Gasteiger partial charge in [-0.3, -0.25) is 18.6 Å². The van der Waals surface area contributed by atoms with Crippen LogP contribution >= 0.6 is 7.82 Å². The first-order chi connectivity index (χ1) is 39.8. The summed E-state index contributed by atoms with van der Waals surface area (Å²) in [6, 6.07) is 0. The lowest BCUT2D eigenvalue weighted by atomic mass is 10.0. The Morgan fingerprint density at radius 1 is 0.383 bits per heavy atom. The van der Waals surface area contributed by atoms with E-state index < -0.39 is 26.5 Å². The zero-order chi connectivity index (χ0) is 58.7. The number of carbonyl (C=O) groups is 2. The van der Waals surface area contributed by atoms with E-state index in [0.717, 1.165) is 83.5 Å². The van der Waals surface area contributed by atoms with E-state index in [1.54, 1.807) is 0 Å². The molecule has 0 amide bonds. The zero-order valence-electron chi connectivity index (χ0n) is 53.0. The predicted octanol–water partition coefficient (Wildman–Crippen LogP) is 22.4. The van der Waals surface area contributed by atoms with Gasteiger partial charge in [0.1, 0.15) is 6.61 Å².